The third kappa shape index (κ3) is 3.88. The predicted molar refractivity (Wildman–Crippen MR) is 75.7 cm³/mol. The molecule has 0 aromatic carbocycles. The summed E-state index contributed by atoms with van der Waals surface area (Å²) in [5.74, 6) is 1.15. The lowest BCUT2D eigenvalue weighted by atomic mass is 9.71. The van der Waals surface area contributed by atoms with Crippen LogP contribution in [0.2, 0.25) is 0 Å². The van der Waals surface area contributed by atoms with E-state index in [1.165, 1.54) is 32.1 Å². The van der Waals surface area contributed by atoms with E-state index in [0.717, 1.165) is 18.7 Å². The van der Waals surface area contributed by atoms with Crippen molar-refractivity contribution in [3.05, 3.63) is 24.2 Å². The quantitative estimate of drug-likeness (QED) is 0.866. The van der Waals surface area contributed by atoms with Crippen molar-refractivity contribution >= 4 is 0 Å². The van der Waals surface area contributed by atoms with Gasteiger partial charge in [0, 0.05) is 18.5 Å². The lowest BCUT2D eigenvalue weighted by Crippen LogP contribution is -2.45. The first-order valence-electron chi connectivity index (χ1n) is 7.27. The minimum absolute atomic E-state index is 0.202. The van der Waals surface area contributed by atoms with Crippen molar-refractivity contribution in [1.82, 2.24) is 5.32 Å². The Morgan fingerprint density at radius 2 is 1.94 bits per heavy atom. The summed E-state index contributed by atoms with van der Waals surface area (Å²) in [4.78, 5) is 0. The Kier molecular flexibility index (Phi) is 4.16. The molecule has 2 heteroatoms. The van der Waals surface area contributed by atoms with Crippen LogP contribution in [0, 0.1) is 5.41 Å². The third-order valence-corrected chi connectivity index (χ3v) is 4.04. The predicted octanol–water partition coefficient (Wildman–Crippen LogP) is 4.16. The molecule has 1 aromatic heterocycles. The number of nitrogens with one attached hydrogen (secondary N) is 1. The zero-order chi connectivity index (χ0) is 13.1. The second-order valence-corrected chi connectivity index (χ2v) is 6.92. The van der Waals surface area contributed by atoms with E-state index in [2.05, 4.69) is 32.2 Å². The average Bonchev–Trinajstić information content (AvgIpc) is 2.80. The van der Waals surface area contributed by atoms with Gasteiger partial charge in [0.2, 0.25) is 0 Å². The summed E-state index contributed by atoms with van der Waals surface area (Å²) in [5, 5.41) is 3.70. The van der Waals surface area contributed by atoms with Crippen molar-refractivity contribution < 1.29 is 4.42 Å². The lowest BCUT2D eigenvalue weighted by Gasteiger charge is -2.39. The number of rotatable bonds is 4. The first-order chi connectivity index (χ1) is 8.49. The van der Waals surface area contributed by atoms with Gasteiger partial charge in [0.25, 0.3) is 0 Å². The Morgan fingerprint density at radius 1 is 1.22 bits per heavy atom. The number of furan rings is 1. The third-order valence-electron chi connectivity index (χ3n) is 4.04. The largest absolute Gasteiger partial charge is 0.469 e. The maximum absolute atomic E-state index is 5.57. The molecule has 18 heavy (non-hydrogen) atoms. The van der Waals surface area contributed by atoms with Crippen molar-refractivity contribution in [2.75, 3.05) is 6.54 Å². The molecule has 2 nitrogen and oxygen atoms in total. The monoisotopic (exact) mass is 249 g/mol. The number of hydrogen-bond acceptors (Lipinski definition) is 2. The molecule has 0 bridgehead atoms. The van der Waals surface area contributed by atoms with Crippen molar-refractivity contribution in [1.29, 1.82) is 0 Å². The highest BCUT2D eigenvalue weighted by Gasteiger charge is 2.33. The van der Waals surface area contributed by atoms with E-state index >= 15 is 0 Å². The second kappa shape index (κ2) is 5.48. The molecule has 1 fully saturated rings. The highest BCUT2D eigenvalue weighted by atomic mass is 16.3. The van der Waals surface area contributed by atoms with E-state index < -0.39 is 0 Å². The highest BCUT2D eigenvalue weighted by molar-refractivity contribution is 5.04. The van der Waals surface area contributed by atoms with Crippen LogP contribution in [0.3, 0.4) is 0 Å². The van der Waals surface area contributed by atoms with Crippen molar-refractivity contribution in [2.45, 2.75) is 64.8 Å². The fraction of sp³-hybridized carbons (Fsp3) is 0.750. The fourth-order valence-corrected chi connectivity index (χ4v) is 2.95. The van der Waals surface area contributed by atoms with Gasteiger partial charge in [-0.2, -0.15) is 0 Å². The van der Waals surface area contributed by atoms with Gasteiger partial charge < -0.3 is 9.73 Å². The van der Waals surface area contributed by atoms with Crippen molar-refractivity contribution in [3.63, 3.8) is 0 Å². The minimum atomic E-state index is 0.202. The van der Waals surface area contributed by atoms with Gasteiger partial charge in [0.1, 0.15) is 5.76 Å². The maximum Gasteiger partial charge on any atom is 0.104 e. The second-order valence-electron chi connectivity index (χ2n) is 6.92. The van der Waals surface area contributed by atoms with Gasteiger partial charge in [-0.25, -0.2) is 0 Å². The van der Waals surface area contributed by atoms with Gasteiger partial charge in [0.05, 0.1) is 6.26 Å². The molecule has 0 radical (unpaired) electrons. The molecule has 0 unspecified atom stereocenters. The van der Waals surface area contributed by atoms with Crippen LogP contribution in [-0.2, 0) is 6.42 Å². The van der Waals surface area contributed by atoms with E-state index in [1.54, 1.807) is 6.26 Å². The summed E-state index contributed by atoms with van der Waals surface area (Å²) >= 11 is 0. The maximum atomic E-state index is 5.57. The zero-order valence-corrected chi connectivity index (χ0v) is 12.1. The van der Waals surface area contributed by atoms with E-state index in [4.69, 9.17) is 4.42 Å². The highest BCUT2D eigenvalue weighted by Crippen LogP contribution is 2.39. The molecule has 0 amide bonds. The molecule has 0 spiro atoms. The molecule has 1 aliphatic rings. The van der Waals surface area contributed by atoms with Crippen LogP contribution in [0.4, 0.5) is 0 Å². The summed E-state index contributed by atoms with van der Waals surface area (Å²) in [6, 6.07) is 4.12. The molecule has 1 saturated carbocycles. The molecule has 1 N–H and O–H groups in total. The van der Waals surface area contributed by atoms with Gasteiger partial charge in [-0.3, -0.25) is 0 Å². The smallest absolute Gasteiger partial charge is 0.104 e. The standard InChI is InChI=1S/C16H27NO/c1-15(2,3)17-13-16(9-5-4-6-10-16)12-14-8-7-11-18-14/h7-8,11,17H,4-6,9-10,12-13H2,1-3H3. The van der Waals surface area contributed by atoms with Crippen LogP contribution >= 0.6 is 0 Å². The van der Waals surface area contributed by atoms with Crippen LogP contribution in [-0.4, -0.2) is 12.1 Å². The van der Waals surface area contributed by atoms with Crippen molar-refractivity contribution in [3.8, 4) is 0 Å². The van der Waals surface area contributed by atoms with Crippen LogP contribution in [0.1, 0.15) is 58.6 Å². The summed E-state index contributed by atoms with van der Waals surface area (Å²) < 4.78 is 5.57. The Morgan fingerprint density at radius 3 is 2.50 bits per heavy atom. The molecule has 0 atom stereocenters. The first-order valence-corrected chi connectivity index (χ1v) is 7.27. The summed E-state index contributed by atoms with van der Waals surface area (Å²) in [6.07, 6.45) is 9.67. The van der Waals surface area contributed by atoms with Gasteiger partial charge >= 0.3 is 0 Å². The van der Waals surface area contributed by atoms with Crippen LogP contribution in [0.25, 0.3) is 0 Å². The molecule has 102 valence electrons. The minimum Gasteiger partial charge on any atom is -0.469 e. The van der Waals surface area contributed by atoms with E-state index in [-0.39, 0.29) is 5.54 Å². The summed E-state index contributed by atoms with van der Waals surface area (Å²) in [5.41, 5.74) is 0.608. The average molecular weight is 249 g/mol. The normalized spacial score (nSPS) is 19.9. The van der Waals surface area contributed by atoms with Gasteiger partial charge in [-0.05, 0) is 51.2 Å². The van der Waals surface area contributed by atoms with Crippen molar-refractivity contribution in [2.24, 2.45) is 5.41 Å². The first kappa shape index (κ1) is 13.7. The van der Waals surface area contributed by atoms with Gasteiger partial charge in [-0.1, -0.05) is 19.3 Å². The Bertz CT molecular complexity index is 342. The lowest BCUT2D eigenvalue weighted by molar-refractivity contribution is 0.156. The Balaban J connectivity index is 2.02. The molecule has 1 aliphatic carbocycles. The summed E-state index contributed by atoms with van der Waals surface area (Å²) in [6.45, 7) is 7.85. The zero-order valence-electron chi connectivity index (χ0n) is 12.1. The fourth-order valence-electron chi connectivity index (χ4n) is 2.95. The topological polar surface area (TPSA) is 25.2 Å². The van der Waals surface area contributed by atoms with Gasteiger partial charge in [0.15, 0.2) is 0 Å². The van der Waals surface area contributed by atoms with Crippen LogP contribution < -0.4 is 5.32 Å². The molecule has 1 aromatic rings. The molecular formula is C16H27NO. The summed E-state index contributed by atoms with van der Waals surface area (Å²) in [7, 11) is 0. The molecule has 2 rings (SSSR count). The van der Waals surface area contributed by atoms with Gasteiger partial charge in [-0.15, -0.1) is 0 Å². The molecule has 0 aliphatic heterocycles. The van der Waals surface area contributed by atoms with Crippen LogP contribution in [0.15, 0.2) is 22.8 Å². The van der Waals surface area contributed by atoms with E-state index in [1.807, 2.05) is 6.07 Å². The van der Waals surface area contributed by atoms with Crippen LogP contribution in [0.5, 0.6) is 0 Å². The molecular weight excluding hydrogens is 222 g/mol. The number of hydrogen-bond donors (Lipinski definition) is 1. The molecule has 0 saturated heterocycles. The van der Waals surface area contributed by atoms with E-state index in [0.29, 0.717) is 5.41 Å². The Labute approximate surface area is 111 Å². The Hall–Kier alpha value is -0.760. The SMILES string of the molecule is CC(C)(C)NCC1(Cc2ccco2)CCCCC1. The van der Waals surface area contributed by atoms with E-state index in [9.17, 15) is 0 Å². The molecule has 1 heterocycles.